The third-order valence-corrected chi connectivity index (χ3v) is 3.74. The molecule has 0 aromatic heterocycles. The van der Waals surface area contributed by atoms with Crippen LogP contribution in [0.4, 0.5) is 11.4 Å². The van der Waals surface area contributed by atoms with Gasteiger partial charge in [0.2, 0.25) is 0 Å². The minimum Gasteiger partial charge on any atom is -0.372 e. The minimum absolute atomic E-state index is 0.959. The van der Waals surface area contributed by atoms with Gasteiger partial charge in [-0.3, -0.25) is 4.99 Å². The maximum absolute atomic E-state index is 4.47. The van der Waals surface area contributed by atoms with Crippen LogP contribution >= 0.6 is 15.9 Å². The van der Waals surface area contributed by atoms with Crippen LogP contribution in [0.15, 0.2) is 58.0 Å². The summed E-state index contributed by atoms with van der Waals surface area (Å²) in [4.78, 5) is 6.80. The second kappa shape index (κ2) is 7.25. The molecule has 0 atom stereocenters. The summed E-state index contributed by atoms with van der Waals surface area (Å²) in [5, 5.41) is 0. The molecule has 0 radical (unpaired) electrons. The van der Waals surface area contributed by atoms with E-state index in [2.05, 4.69) is 63.9 Å². The molecule has 0 fully saturated rings. The van der Waals surface area contributed by atoms with Crippen molar-refractivity contribution >= 4 is 33.5 Å². The van der Waals surface area contributed by atoms with Gasteiger partial charge in [-0.2, -0.15) is 0 Å². The highest BCUT2D eigenvalue weighted by Gasteiger charge is 2.00. The zero-order valence-electron chi connectivity index (χ0n) is 11.9. The van der Waals surface area contributed by atoms with Crippen LogP contribution in [0, 0.1) is 0 Å². The van der Waals surface area contributed by atoms with Crippen molar-refractivity contribution in [2.24, 2.45) is 4.99 Å². The van der Waals surface area contributed by atoms with E-state index in [0.29, 0.717) is 0 Å². The lowest BCUT2D eigenvalue weighted by molar-refractivity contribution is 0.866. The molecule has 0 saturated heterocycles. The fourth-order valence-corrected chi connectivity index (χ4v) is 2.30. The number of hydrogen-bond acceptors (Lipinski definition) is 2. The van der Waals surface area contributed by atoms with Crippen LogP contribution in [0.1, 0.15) is 19.4 Å². The lowest BCUT2D eigenvalue weighted by Crippen LogP contribution is -2.21. The average molecular weight is 331 g/mol. The van der Waals surface area contributed by atoms with Crippen LogP contribution in [0.3, 0.4) is 0 Å². The molecule has 0 N–H and O–H groups in total. The number of hydrogen-bond donors (Lipinski definition) is 0. The average Bonchev–Trinajstić information content (AvgIpc) is 2.49. The Kier molecular flexibility index (Phi) is 5.36. The molecule has 0 aliphatic rings. The van der Waals surface area contributed by atoms with Gasteiger partial charge in [0.1, 0.15) is 0 Å². The van der Waals surface area contributed by atoms with E-state index in [9.17, 15) is 0 Å². The fraction of sp³-hybridized carbons (Fsp3) is 0.235. The van der Waals surface area contributed by atoms with Crippen molar-refractivity contribution in [1.29, 1.82) is 0 Å². The Bertz CT molecular complexity index is 555. The van der Waals surface area contributed by atoms with Crippen LogP contribution in [-0.4, -0.2) is 19.3 Å². The molecule has 0 amide bonds. The molecule has 20 heavy (non-hydrogen) atoms. The van der Waals surface area contributed by atoms with Gasteiger partial charge in [-0.15, -0.1) is 0 Å². The topological polar surface area (TPSA) is 15.6 Å². The number of nitrogens with zero attached hydrogens (tertiary/aromatic N) is 2. The van der Waals surface area contributed by atoms with Crippen LogP contribution in [-0.2, 0) is 0 Å². The van der Waals surface area contributed by atoms with E-state index in [1.807, 2.05) is 30.5 Å². The number of aliphatic imine (C=N–C) groups is 1. The Balaban J connectivity index is 2.08. The van der Waals surface area contributed by atoms with Crippen LogP contribution in [0.2, 0.25) is 0 Å². The molecule has 2 nitrogen and oxygen atoms in total. The summed E-state index contributed by atoms with van der Waals surface area (Å²) in [6.07, 6.45) is 1.90. The molecule has 0 spiro atoms. The second-order valence-electron chi connectivity index (χ2n) is 4.50. The van der Waals surface area contributed by atoms with Crippen LogP contribution in [0.25, 0.3) is 0 Å². The van der Waals surface area contributed by atoms with Crippen molar-refractivity contribution in [2.75, 3.05) is 18.0 Å². The monoisotopic (exact) mass is 330 g/mol. The highest BCUT2D eigenvalue weighted by molar-refractivity contribution is 9.10. The molecule has 0 saturated carbocycles. The van der Waals surface area contributed by atoms with Gasteiger partial charge in [0, 0.05) is 29.5 Å². The highest BCUT2D eigenvalue weighted by Crippen LogP contribution is 2.18. The Morgan fingerprint density at radius 3 is 2.10 bits per heavy atom. The molecular weight excluding hydrogens is 312 g/mol. The summed E-state index contributed by atoms with van der Waals surface area (Å²) in [7, 11) is 0. The zero-order chi connectivity index (χ0) is 14.4. The van der Waals surface area contributed by atoms with Crippen molar-refractivity contribution in [3.8, 4) is 0 Å². The predicted molar refractivity (Wildman–Crippen MR) is 91.4 cm³/mol. The summed E-state index contributed by atoms with van der Waals surface area (Å²) in [6, 6.07) is 16.5. The van der Waals surface area contributed by atoms with E-state index in [1.54, 1.807) is 0 Å². The van der Waals surface area contributed by atoms with Crippen molar-refractivity contribution in [3.63, 3.8) is 0 Å². The van der Waals surface area contributed by atoms with E-state index in [4.69, 9.17) is 0 Å². The van der Waals surface area contributed by atoms with E-state index < -0.39 is 0 Å². The maximum Gasteiger partial charge on any atom is 0.0630 e. The summed E-state index contributed by atoms with van der Waals surface area (Å²) in [5.74, 6) is 0. The normalized spacial score (nSPS) is 10.9. The van der Waals surface area contributed by atoms with Crippen molar-refractivity contribution in [3.05, 3.63) is 58.6 Å². The SMILES string of the molecule is CCN(CC)c1ccc(C=Nc2ccc(Br)cc2)cc1. The molecule has 2 aromatic rings. The quantitative estimate of drug-likeness (QED) is 0.700. The third kappa shape index (κ3) is 3.94. The molecule has 0 heterocycles. The van der Waals surface area contributed by atoms with Gasteiger partial charge in [0.15, 0.2) is 0 Å². The van der Waals surface area contributed by atoms with Gasteiger partial charge in [-0.1, -0.05) is 28.1 Å². The van der Waals surface area contributed by atoms with Crippen LogP contribution in [0.5, 0.6) is 0 Å². The van der Waals surface area contributed by atoms with Gasteiger partial charge in [0.25, 0.3) is 0 Å². The van der Waals surface area contributed by atoms with Crippen molar-refractivity contribution in [1.82, 2.24) is 0 Å². The first-order valence-electron chi connectivity index (χ1n) is 6.87. The maximum atomic E-state index is 4.47. The first-order valence-corrected chi connectivity index (χ1v) is 7.67. The molecule has 3 heteroatoms. The molecule has 2 aromatic carbocycles. The third-order valence-electron chi connectivity index (χ3n) is 3.21. The summed E-state index contributed by atoms with van der Waals surface area (Å²) < 4.78 is 1.07. The summed E-state index contributed by atoms with van der Waals surface area (Å²) in [5.41, 5.74) is 3.33. The van der Waals surface area contributed by atoms with E-state index in [0.717, 1.165) is 28.8 Å². The molecule has 0 aliphatic heterocycles. The Labute approximate surface area is 129 Å². The van der Waals surface area contributed by atoms with Crippen molar-refractivity contribution in [2.45, 2.75) is 13.8 Å². The van der Waals surface area contributed by atoms with Gasteiger partial charge in [-0.05, 0) is 55.8 Å². The number of rotatable bonds is 5. The smallest absolute Gasteiger partial charge is 0.0630 e. The predicted octanol–water partition coefficient (Wildman–Crippen LogP) is 5.05. The number of benzene rings is 2. The highest BCUT2D eigenvalue weighted by atomic mass is 79.9. The largest absolute Gasteiger partial charge is 0.372 e. The molecule has 0 bridgehead atoms. The second-order valence-corrected chi connectivity index (χ2v) is 5.41. The summed E-state index contributed by atoms with van der Waals surface area (Å²) >= 11 is 3.42. The molecule has 0 unspecified atom stereocenters. The molecule has 104 valence electrons. The van der Waals surface area contributed by atoms with Gasteiger partial charge < -0.3 is 4.90 Å². The fourth-order valence-electron chi connectivity index (χ4n) is 2.04. The van der Waals surface area contributed by atoms with Gasteiger partial charge in [-0.25, -0.2) is 0 Å². The van der Waals surface area contributed by atoms with Gasteiger partial charge >= 0.3 is 0 Å². The first-order chi connectivity index (χ1) is 9.72. The number of halogens is 1. The van der Waals surface area contributed by atoms with Gasteiger partial charge in [0.05, 0.1) is 5.69 Å². The van der Waals surface area contributed by atoms with E-state index in [-0.39, 0.29) is 0 Å². The zero-order valence-corrected chi connectivity index (χ0v) is 13.5. The van der Waals surface area contributed by atoms with E-state index in [1.165, 1.54) is 5.69 Å². The molecule has 2 rings (SSSR count). The number of anilines is 1. The Morgan fingerprint density at radius 2 is 1.55 bits per heavy atom. The standard InChI is InChI=1S/C17H19BrN2/c1-3-20(4-2)17-11-5-14(6-12-17)13-19-16-9-7-15(18)8-10-16/h5-13H,3-4H2,1-2H3. The lowest BCUT2D eigenvalue weighted by atomic mass is 10.2. The molecular formula is C17H19BrN2. The Morgan fingerprint density at radius 1 is 0.950 bits per heavy atom. The van der Waals surface area contributed by atoms with E-state index >= 15 is 0 Å². The molecule has 0 aliphatic carbocycles. The Hall–Kier alpha value is -1.61. The minimum atomic E-state index is 0.959. The first kappa shape index (κ1) is 14.8. The summed E-state index contributed by atoms with van der Waals surface area (Å²) in [6.45, 7) is 6.41. The lowest BCUT2D eigenvalue weighted by Gasteiger charge is -2.20. The van der Waals surface area contributed by atoms with Crippen molar-refractivity contribution < 1.29 is 0 Å². The van der Waals surface area contributed by atoms with Crippen LogP contribution < -0.4 is 4.90 Å².